The number of aromatic nitrogens is 1. The fourth-order valence-corrected chi connectivity index (χ4v) is 3.01. The third kappa shape index (κ3) is 5.58. The van der Waals surface area contributed by atoms with Crippen molar-refractivity contribution in [1.29, 1.82) is 0 Å². The van der Waals surface area contributed by atoms with Gasteiger partial charge in [-0.15, -0.1) is 0 Å². The quantitative estimate of drug-likeness (QED) is 0.658. The van der Waals surface area contributed by atoms with Gasteiger partial charge in [-0.25, -0.2) is 14.8 Å². The summed E-state index contributed by atoms with van der Waals surface area (Å²) in [7, 11) is 1.18. The van der Waals surface area contributed by atoms with Crippen molar-refractivity contribution in [3.05, 3.63) is 47.1 Å². The molecule has 1 aromatic heterocycles. The van der Waals surface area contributed by atoms with Gasteiger partial charge in [0.15, 0.2) is 0 Å². The molecule has 9 nitrogen and oxygen atoms in total. The molecule has 1 aromatic carbocycles. The van der Waals surface area contributed by atoms with Crippen LogP contribution >= 0.6 is 11.6 Å². The third-order valence-corrected chi connectivity index (χ3v) is 4.58. The Morgan fingerprint density at radius 3 is 2.72 bits per heavy atom. The number of hydrogen-bond acceptors (Lipinski definition) is 6. The van der Waals surface area contributed by atoms with Crippen molar-refractivity contribution in [2.45, 2.75) is 12.6 Å². The lowest BCUT2D eigenvalue weighted by molar-refractivity contribution is -0.151. The monoisotopic (exact) mass is 472 g/mol. The topological polar surface area (TPSA) is 110 Å². The standard InChI is InChI=1S/C19H16ClF3N4O5/c1-31-17(29)10-5-15(28)26-27(9-10)18(30)25-12-3-2-4-13(7-12)32-16-14(20)6-11(8-24-16)19(21,22)23/h2-4,6-8,10H,5,9H2,1H3,(H,25,30)(H,26,28)/t10-/m1/s1. The highest BCUT2D eigenvalue weighted by molar-refractivity contribution is 6.31. The van der Waals surface area contributed by atoms with E-state index in [4.69, 9.17) is 16.3 Å². The Morgan fingerprint density at radius 2 is 2.06 bits per heavy atom. The van der Waals surface area contributed by atoms with Crippen LogP contribution in [0.5, 0.6) is 11.6 Å². The maximum atomic E-state index is 12.7. The van der Waals surface area contributed by atoms with Crippen LogP contribution < -0.4 is 15.5 Å². The van der Waals surface area contributed by atoms with Crippen LogP contribution in [0.25, 0.3) is 0 Å². The Bertz CT molecular complexity index is 1050. The van der Waals surface area contributed by atoms with Gasteiger partial charge in [-0.1, -0.05) is 17.7 Å². The number of rotatable bonds is 4. The Kier molecular flexibility index (Phi) is 6.72. The second-order valence-corrected chi connectivity index (χ2v) is 7.05. The summed E-state index contributed by atoms with van der Waals surface area (Å²) >= 11 is 5.83. The minimum atomic E-state index is -4.60. The van der Waals surface area contributed by atoms with Gasteiger partial charge < -0.3 is 14.8 Å². The number of carbonyl (C=O) groups is 3. The van der Waals surface area contributed by atoms with Crippen LogP contribution in [0.3, 0.4) is 0 Å². The summed E-state index contributed by atoms with van der Waals surface area (Å²) in [5.41, 5.74) is 1.57. The molecule has 1 saturated heterocycles. The summed E-state index contributed by atoms with van der Waals surface area (Å²) in [6.45, 7) is -0.0917. The van der Waals surface area contributed by atoms with Gasteiger partial charge in [0.1, 0.15) is 10.8 Å². The predicted octanol–water partition coefficient (Wildman–Crippen LogP) is 3.60. The fraction of sp³-hybridized carbons (Fsp3) is 0.263. The normalized spacial score (nSPS) is 16.2. The minimum absolute atomic E-state index is 0.0917. The average Bonchev–Trinajstić information content (AvgIpc) is 2.73. The zero-order chi connectivity index (χ0) is 23.5. The first-order valence-electron chi connectivity index (χ1n) is 9.03. The number of amides is 3. The molecule has 1 fully saturated rings. The molecule has 13 heteroatoms. The van der Waals surface area contributed by atoms with Gasteiger partial charge in [0, 0.05) is 24.4 Å². The first kappa shape index (κ1) is 23.1. The van der Waals surface area contributed by atoms with Crippen LogP contribution in [0.4, 0.5) is 23.7 Å². The minimum Gasteiger partial charge on any atom is -0.469 e. The molecule has 3 amide bonds. The van der Waals surface area contributed by atoms with Crippen molar-refractivity contribution in [1.82, 2.24) is 15.4 Å². The largest absolute Gasteiger partial charge is 0.469 e. The number of anilines is 1. The Balaban J connectivity index is 1.69. The number of alkyl halides is 3. The van der Waals surface area contributed by atoms with Crippen molar-refractivity contribution in [2.75, 3.05) is 19.0 Å². The number of pyridine rings is 1. The van der Waals surface area contributed by atoms with E-state index >= 15 is 0 Å². The van der Waals surface area contributed by atoms with Crippen molar-refractivity contribution in [3.8, 4) is 11.6 Å². The van der Waals surface area contributed by atoms with E-state index < -0.39 is 35.6 Å². The number of carbonyl (C=O) groups excluding carboxylic acids is 3. The fourth-order valence-electron chi connectivity index (χ4n) is 2.80. The van der Waals surface area contributed by atoms with Crippen LogP contribution in [0, 0.1) is 5.92 Å². The molecule has 0 spiro atoms. The number of urea groups is 1. The molecule has 0 unspecified atom stereocenters. The SMILES string of the molecule is COC(=O)[C@@H]1CC(=O)NN(C(=O)Nc2cccc(Oc3ncc(C(F)(F)F)cc3Cl)c2)C1. The summed E-state index contributed by atoms with van der Waals surface area (Å²) < 4.78 is 48.2. The van der Waals surface area contributed by atoms with Gasteiger partial charge in [-0.05, 0) is 18.2 Å². The maximum absolute atomic E-state index is 12.7. The average molecular weight is 473 g/mol. The number of hydrogen-bond donors (Lipinski definition) is 2. The molecule has 0 radical (unpaired) electrons. The lowest BCUT2D eigenvalue weighted by Gasteiger charge is -2.31. The lowest BCUT2D eigenvalue weighted by atomic mass is 10.0. The third-order valence-electron chi connectivity index (χ3n) is 4.31. The molecule has 2 heterocycles. The van der Waals surface area contributed by atoms with E-state index in [1.807, 2.05) is 0 Å². The summed E-state index contributed by atoms with van der Waals surface area (Å²) in [4.78, 5) is 39.6. The van der Waals surface area contributed by atoms with Crippen molar-refractivity contribution >= 4 is 35.2 Å². The van der Waals surface area contributed by atoms with Crippen LogP contribution in [0.15, 0.2) is 36.5 Å². The molecule has 2 aromatic rings. The molecule has 2 N–H and O–H groups in total. The molecule has 3 rings (SSSR count). The molecule has 0 saturated carbocycles. The van der Waals surface area contributed by atoms with Gasteiger partial charge in [0.2, 0.25) is 11.8 Å². The molecule has 0 bridgehead atoms. The van der Waals surface area contributed by atoms with Crippen molar-refractivity contribution < 1.29 is 37.0 Å². The molecule has 32 heavy (non-hydrogen) atoms. The zero-order valence-electron chi connectivity index (χ0n) is 16.4. The second-order valence-electron chi connectivity index (χ2n) is 6.64. The highest BCUT2D eigenvalue weighted by Crippen LogP contribution is 2.35. The first-order chi connectivity index (χ1) is 15.1. The Morgan fingerprint density at radius 1 is 1.31 bits per heavy atom. The van der Waals surface area contributed by atoms with Crippen molar-refractivity contribution in [2.24, 2.45) is 5.92 Å². The van der Waals surface area contributed by atoms with E-state index in [1.54, 1.807) is 0 Å². The number of benzene rings is 1. The van der Waals surface area contributed by atoms with Gasteiger partial charge in [0.25, 0.3) is 0 Å². The number of halogens is 4. The van der Waals surface area contributed by atoms with E-state index in [2.05, 4.69) is 20.5 Å². The summed E-state index contributed by atoms with van der Waals surface area (Å²) in [6, 6.07) is 5.82. The van der Waals surface area contributed by atoms with E-state index in [9.17, 15) is 27.6 Å². The number of hydrazine groups is 1. The summed E-state index contributed by atoms with van der Waals surface area (Å²) in [5, 5.41) is 3.11. The van der Waals surface area contributed by atoms with Crippen LogP contribution in [0.1, 0.15) is 12.0 Å². The van der Waals surface area contributed by atoms with Gasteiger partial charge in [0.05, 0.1) is 25.1 Å². The van der Waals surface area contributed by atoms with Crippen molar-refractivity contribution in [3.63, 3.8) is 0 Å². The van der Waals surface area contributed by atoms with Crippen LogP contribution in [0.2, 0.25) is 5.02 Å². The van der Waals surface area contributed by atoms with E-state index in [-0.39, 0.29) is 35.3 Å². The highest BCUT2D eigenvalue weighted by atomic mass is 35.5. The zero-order valence-corrected chi connectivity index (χ0v) is 17.2. The predicted molar refractivity (Wildman–Crippen MR) is 105 cm³/mol. The number of nitrogens with one attached hydrogen (secondary N) is 2. The van der Waals surface area contributed by atoms with Gasteiger partial charge in [-0.3, -0.25) is 15.0 Å². The molecule has 1 atom stereocenters. The second kappa shape index (κ2) is 9.30. The lowest BCUT2D eigenvalue weighted by Crippen LogP contribution is -2.56. The molecule has 1 aliphatic rings. The maximum Gasteiger partial charge on any atom is 0.417 e. The van der Waals surface area contributed by atoms with Gasteiger partial charge in [-0.2, -0.15) is 13.2 Å². The van der Waals surface area contributed by atoms with E-state index in [0.717, 1.165) is 5.01 Å². The summed E-state index contributed by atoms with van der Waals surface area (Å²) in [6.07, 6.45) is -4.12. The number of methoxy groups -OCH3 is 1. The molecular formula is C19H16ClF3N4O5. The highest BCUT2D eigenvalue weighted by Gasteiger charge is 2.34. The molecule has 170 valence electrons. The molecular weight excluding hydrogens is 457 g/mol. The Hall–Kier alpha value is -3.54. The molecule has 1 aliphatic heterocycles. The number of ether oxygens (including phenoxy) is 2. The van der Waals surface area contributed by atoms with Crippen LogP contribution in [-0.2, 0) is 20.5 Å². The summed E-state index contributed by atoms with van der Waals surface area (Å²) in [5.74, 6) is -2.07. The first-order valence-corrected chi connectivity index (χ1v) is 9.41. The number of nitrogens with zero attached hydrogens (tertiary/aromatic N) is 2. The van der Waals surface area contributed by atoms with E-state index in [0.29, 0.717) is 12.3 Å². The van der Waals surface area contributed by atoms with E-state index in [1.165, 1.54) is 31.4 Å². The Labute approximate surface area is 184 Å². The van der Waals surface area contributed by atoms with Gasteiger partial charge >= 0.3 is 18.2 Å². The van der Waals surface area contributed by atoms with Crippen LogP contribution in [-0.4, -0.2) is 41.6 Å². The number of esters is 1. The smallest absolute Gasteiger partial charge is 0.417 e. The molecule has 0 aliphatic carbocycles.